The Bertz CT molecular complexity index is 542. The van der Waals surface area contributed by atoms with E-state index < -0.39 is 0 Å². The topological polar surface area (TPSA) is 74.2 Å². The lowest BCUT2D eigenvalue weighted by molar-refractivity contribution is 0.339. The summed E-state index contributed by atoms with van der Waals surface area (Å²) in [5.41, 5.74) is 6.67. The van der Waals surface area contributed by atoms with Crippen LogP contribution in [0.2, 0.25) is 0 Å². The minimum atomic E-state index is 0.628. The predicted molar refractivity (Wildman–Crippen MR) is 75.3 cm³/mol. The molecule has 1 heterocycles. The van der Waals surface area contributed by atoms with Crippen LogP contribution in [-0.4, -0.2) is 16.7 Å². The molecule has 0 aliphatic carbocycles. The molecule has 0 spiro atoms. The van der Waals surface area contributed by atoms with E-state index in [2.05, 4.69) is 10.1 Å². The van der Waals surface area contributed by atoms with Gasteiger partial charge in [-0.15, -0.1) is 11.8 Å². The Kier molecular flexibility index (Phi) is 4.68. The highest BCUT2D eigenvalue weighted by Crippen LogP contribution is 2.31. The summed E-state index contributed by atoms with van der Waals surface area (Å²) in [6.07, 6.45) is 0.750. The van der Waals surface area contributed by atoms with Gasteiger partial charge in [-0.2, -0.15) is 4.98 Å². The van der Waals surface area contributed by atoms with Crippen LogP contribution < -0.4 is 10.5 Å². The molecule has 19 heavy (non-hydrogen) atoms. The highest BCUT2D eigenvalue weighted by molar-refractivity contribution is 7.98. The molecule has 5 nitrogen and oxygen atoms in total. The normalized spacial score (nSPS) is 10.6. The number of anilines is 1. The minimum absolute atomic E-state index is 0.628. The molecule has 0 amide bonds. The van der Waals surface area contributed by atoms with Gasteiger partial charge in [0.15, 0.2) is 5.82 Å². The zero-order valence-corrected chi connectivity index (χ0v) is 11.9. The second-order valence-corrected chi connectivity index (χ2v) is 4.90. The van der Waals surface area contributed by atoms with Crippen molar-refractivity contribution < 1.29 is 9.26 Å². The van der Waals surface area contributed by atoms with Crippen molar-refractivity contribution in [3.05, 3.63) is 29.9 Å². The van der Waals surface area contributed by atoms with Crippen molar-refractivity contribution in [1.82, 2.24) is 10.1 Å². The Morgan fingerprint density at radius 2 is 2.21 bits per heavy atom. The van der Waals surface area contributed by atoms with E-state index in [1.807, 2.05) is 32.0 Å². The maximum atomic E-state index is 5.94. The van der Waals surface area contributed by atoms with Crippen molar-refractivity contribution in [2.24, 2.45) is 0 Å². The molecule has 2 rings (SSSR count). The Labute approximate surface area is 116 Å². The molecule has 0 atom stereocenters. The lowest BCUT2D eigenvalue weighted by Gasteiger charge is -2.07. The summed E-state index contributed by atoms with van der Waals surface area (Å²) in [5, 5.41) is 3.91. The molecular weight excluding hydrogens is 262 g/mol. The number of nitrogen functional groups attached to an aromatic ring is 1. The first-order chi connectivity index (χ1) is 9.22. The van der Waals surface area contributed by atoms with Crippen molar-refractivity contribution in [2.75, 3.05) is 12.3 Å². The van der Waals surface area contributed by atoms with Crippen molar-refractivity contribution in [2.45, 2.75) is 30.9 Å². The number of hydrogen-bond acceptors (Lipinski definition) is 6. The fourth-order valence-electron chi connectivity index (χ4n) is 1.53. The molecule has 1 aromatic heterocycles. The first kappa shape index (κ1) is 13.7. The van der Waals surface area contributed by atoms with Crippen LogP contribution in [-0.2, 0) is 12.2 Å². The molecule has 102 valence electrons. The highest BCUT2D eigenvalue weighted by Gasteiger charge is 2.08. The summed E-state index contributed by atoms with van der Waals surface area (Å²) in [4.78, 5) is 5.23. The van der Waals surface area contributed by atoms with Crippen molar-refractivity contribution >= 4 is 17.4 Å². The molecule has 6 heteroatoms. The van der Waals surface area contributed by atoms with Gasteiger partial charge in [-0.1, -0.05) is 12.1 Å². The van der Waals surface area contributed by atoms with Crippen LogP contribution in [0.5, 0.6) is 5.75 Å². The van der Waals surface area contributed by atoms with Gasteiger partial charge < -0.3 is 15.0 Å². The van der Waals surface area contributed by atoms with Gasteiger partial charge in [0.1, 0.15) is 5.75 Å². The maximum Gasteiger partial charge on any atom is 0.226 e. The Morgan fingerprint density at radius 1 is 1.37 bits per heavy atom. The smallest absolute Gasteiger partial charge is 0.226 e. The molecule has 0 aliphatic rings. The van der Waals surface area contributed by atoms with Crippen LogP contribution >= 0.6 is 11.8 Å². The van der Waals surface area contributed by atoms with Gasteiger partial charge in [-0.3, -0.25) is 0 Å². The third-order valence-electron chi connectivity index (χ3n) is 2.47. The Morgan fingerprint density at radius 3 is 2.89 bits per heavy atom. The van der Waals surface area contributed by atoms with E-state index in [1.165, 1.54) is 0 Å². The number of hydrogen-bond donors (Lipinski definition) is 1. The SMILES string of the molecule is CCOc1ccc(N)c(SCc2noc(CC)n2)c1. The van der Waals surface area contributed by atoms with Gasteiger partial charge in [0.05, 0.1) is 12.4 Å². The number of aryl methyl sites for hydroxylation is 1. The van der Waals surface area contributed by atoms with Crippen LogP contribution in [0.25, 0.3) is 0 Å². The molecular formula is C13H17N3O2S. The van der Waals surface area contributed by atoms with Gasteiger partial charge in [-0.05, 0) is 25.1 Å². The summed E-state index contributed by atoms with van der Waals surface area (Å²) < 4.78 is 10.5. The molecule has 2 N–H and O–H groups in total. The first-order valence-electron chi connectivity index (χ1n) is 6.19. The van der Waals surface area contributed by atoms with Crippen LogP contribution in [0.3, 0.4) is 0 Å². The first-order valence-corrected chi connectivity index (χ1v) is 7.18. The fourth-order valence-corrected chi connectivity index (χ4v) is 2.37. The number of nitrogens with two attached hydrogens (primary N) is 1. The third-order valence-corrected chi connectivity index (χ3v) is 3.53. The van der Waals surface area contributed by atoms with E-state index >= 15 is 0 Å². The summed E-state index contributed by atoms with van der Waals surface area (Å²) in [6.45, 7) is 4.57. The Balaban J connectivity index is 2.03. The molecule has 0 radical (unpaired) electrons. The summed E-state index contributed by atoms with van der Waals surface area (Å²) in [5.74, 6) is 2.79. The van der Waals surface area contributed by atoms with Crippen molar-refractivity contribution in [1.29, 1.82) is 0 Å². The van der Waals surface area contributed by atoms with Gasteiger partial charge >= 0.3 is 0 Å². The monoisotopic (exact) mass is 279 g/mol. The predicted octanol–water partition coefficient (Wildman–Crippen LogP) is 2.91. The van der Waals surface area contributed by atoms with E-state index in [1.54, 1.807) is 11.8 Å². The highest BCUT2D eigenvalue weighted by atomic mass is 32.2. The molecule has 0 aliphatic heterocycles. The fraction of sp³-hybridized carbons (Fsp3) is 0.385. The molecule has 0 fully saturated rings. The molecule has 0 unspecified atom stereocenters. The molecule has 1 aromatic carbocycles. The van der Waals surface area contributed by atoms with E-state index in [-0.39, 0.29) is 0 Å². The average Bonchev–Trinajstić information content (AvgIpc) is 2.88. The van der Waals surface area contributed by atoms with Crippen LogP contribution in [0.4, 0.5) is 5.69 Å². The number of rotatable bonds is 6. The maximum absolute atomic E-state index is 5.94. The minimum Gasteiger partial charge on any atom is -0.494 e. The van der Waals surface area contributed by atoms with E-state index in [0.717, 1.165) is 22.8 Å². The molecule has 0 saturated carbocycles. The molecule has 2 aromatic rings. The largest absolute Gasteiger partial charge is 0.494 e. The number of nitrogens with zero attached hydrogens (tertiary/aromatic N) is 2. The van der Waals surface area contributed by atoms with Crippen LogP contribution in [0.15, 0.2) is 27.6 Å². The zero-order chi connectivity index (χ0) is 13.7. The van der Waals surface area contributed by atoms with Crippen molar-refractivity contribution in [3.63, 3.8) is 0 Å². The Hall–Kier alpha value is -1.69. The second-order valence-electron chi connectivity index (χ2n) is 3.88. The number of aromatic nitrogens is 2. The van der Waals surface area contributed by atoms with Crippen molar-refractivity contribution in [3.8, 4) is 5.75 Å². The zero-order valence-electron chi connectivity index (χ0n) is 11.0. The quantitative estimate of drug-likeness (QED) is 0.647. The van der Waals surface area contributed by atoms with Crippen LogP contribution in [0, 0.1) is 0 Å². The summed E-state index contributed by atoms with van der Waals surface area (Å²) >= 11 is 1.57. The standard InChI is InChI=1S/C13H17N3O2S/c1-3-13-15-12(16-18-13)8-19-11-7-9(17-4-2)5-6-10(11)14/h5-7H,3-4,8,14H2,1-2H3. The van der Waals surface area contributed by atoms with Gasteiger partial charge in [-0.25, -0.2) is 0 Å². The van der Waals surface area contributed by atoms with E-state index in [4.69, 9.17) is 15.0 Å². The van der Waals surface area contributed by atoms with Gasteiger partial charge in [0.25, 0.3) is 0 Å². The van der Waals surface area contributed by atoms with Crippen LogP contribution in [0.1, 0.15) is 25.6 Å². The van der Waals surface area contributed by atoms with E-state index in [0.29, 0.717) is 24.1 Å². The molecule has 0 saturated heterocycles. The summed E-state index contributed by atoms with van der Waals surface area (Å²) in [6, 6.07) is 5.65. The number of ether oxygens (including phenoxy) is 1. The summed E-state index contributed by atoms with van der Waals surface area (Å²) in [7, 11) is 0. The molecule has 0 bridgehead atoms. The second kappa shape index (κ2) is 6.47. The average molecular weight is 279 g/mol. The lowest BCUT2D eigenvalue weighted by Crippen LogP contribution is -1.94. The number of benzene rings is 1. The van der Waals surface area contributed by atoms with Gasteiger partial charge in [0, 0.05) is 17.0 Å². The van der Waals surface area contributed by atoms with Gasteiger partial charge in [0.2, 0.25) is 5.89 Å². The number of thioether (sulfide) groups is 1. The lowest BCUT2D eigenvalue weighted by atomic mass is 10.3. The third kappa shape index (κ3) is 3.64. The van der Waals surface area contributed by atoms with E-state index in [9.17, 15) is 0 Å².